The second-order valence-electron chi connectivity index (χ2n) is 8.25. The van der Waals surface area contributed by atoms with Crippen molar-refractivity contribution >= 4 is 27.9 Å². The average Bonchev–Trinajstić information content (AvgIpc) is 3.15. The van der Waals surface area contributed by atoms with Crippen LogP contribution >= 0.6 is 15.9 Å². The van der Waals surface area contributed by atoms with E-state index in [0.29, 0.717) is 17.5 Å². The summed E-state index contributed by atoms with van der Waals surface area (Å²) in [6.07, 6.45) is 0.700. The van der Waals surface area contributed by atoms with E-state index < -0.39 is 23.6 Å². The smallest absolute Gasteiger partial charge is 0.338 e. The number of ether oxygens (including phenoxy) is 3. The Kier molecular flexibility index (Phi) is 6.98. The average molecular weight is 475 g/mol. The third kappa shape index (κ3) is 5.49. The summed E-state index contributed by atoms with van der Waals surface area (Å²) in [7, 11) is 0. The van der Waals surface area contributed by atoms with Crippen molar-refractivity contribution in [2.75, 3.05) is 6.61 Å². The van der Waals surface area contributed by atoms with Gasteiger partial charge in [0.2, 0.25) is 0 Å². The Morgan fingerprint density at radius 1 is 1.07 bits per heavy atom. The largest absolute Gasteiger partial charge is 0.458 e. The number of esters is 2. The molecule has 0 spiro atoms. The van der Waals surface area contributed by atoms with Gasteiger partial charge in [-0.05, 0) is 57.9 Å². The van der Waals surface area contributed by atoms with E-state index in [0.717, 1.165) is 6.42 Å². The molecule has 1 fully saturated rings. The molecule has 30 heavy (non-hydrogen) atoms. The SMILES string of the molecule is CC(C)(Br)C1CC[C@@](C)([C@@H](COC(=O)c2ccccc2)OC(=O)c2ccccc2)O1. The van der Waals surface area contributed by atoms with Gasteiger partial charge in [-0.3, -0.25) is 0 Å². The molecule has 1 unspecified atom stereocenters. The topological polar surface area (TPSA) is 61.8 Å². The summed E-state index contributed by atoms with van der Waals surface area (Å²) in [6.45, 7) is 5.91. The molecule has 2 aromatic rings. The Hall–Kier alpha value is -2.18. The molecule has 0 N–H and O–H groups in total. The zero-order valence-corrected chi connectivity index (χ0v) is 19.1. The zero-order chi connectivity index (χ0) is 21.8. The lowest BCUT2D eigenvalue weighted by atomic mass is 9.94. The van der Waals surface area contributed by atoms with Gasteiger partial charge in [0, 0.05) is 4.32 Å². The highest BCUT2D eigenvalue weighted by Gasteiger charge is 2.48. The summed E-state index contributed by atoms with van der Waals surface area (Å²) in [5.41, 5.74) is 0.121. The van der Waals surface area contributed by atoms with Gasteiger partial charge in [-0.2, -0.15) is 0 Å². The number of halogens is 1. The first-order valence-corrected chi connectivity index (χ1v) is 10.8. The molecule has 1 saturated heterocycles. The number of alkyl halides is 1. The first-order valence-electron chi connectivity index (χ1n) is 10.0. The lowest BCUT2D eigenvalue weighted by Gasteiger charge is -2.35. The highest BCUT2D eigenvalue weighted by Crippen LogP contribution is 2.41. The van der Waals surface area contributed by atoms with Gasteiger partial charge in [-0.25, -0.2) is 9.59 Å². The number of hydrogen-bond donors (Lipinski definition) is 0. The van der Waals surface area contributed by atoms with Gasteiger partial charge in [-0.1, -0.05) is 52.3 Å². The van der Waals surface area contributed by atoms with Gasteiger partial charge in [0.15, 0.2) is 6.10 Å². The second-order valence-corrected chi connectivity index (χ2v) is 10.3. The van der Waals surface area contributed by atoms with Crippen LogP contribution in [0.15, 0.2) is 60.7 Å². The van der Waals surface area contributed by atoms with Crippen LogP contribution in [0.4, 0.5) is 0 Å². The minimum absolute atomic E-state index is 0.0507. The van der Waals surface area contributed by atoms with Crippen LogP contribution in [0.3, 0.4) is 0 Å². The fraction of sp³-hybridized carbons (Fsp3) is 0.417. The highest BCUT2D eigenvalue weighted by atomic mass is 79.9. The second kappa shape index (κ2) is 9.31. The normalized spacial score (nSPS) is 22.3. The van der Waals surface area contributed by atoms with E-state index in [9.17, 15) is 9.59 Å². The van der Waals surface area contributed by atoms with E-state index >= 15 is 0 Å². The number of carbonyl (C=O) groups is 2. The van der Waals surface area contributed by atoms with Gasteiger partial charge < -0.3 is 14.2 Å². The van der Waals surface area contributed by atoms with Crippen molar-refractivity contribution in [3.63, 3.8) is 0 Å². The van der Waals surface area contributed by atoms with Gasteiger partial charge in [0.1, 0.15) is 12.2 Å². The molecule has 2 aromatic carbocycles. The van der Waals surface area contributed by atoms with Crippen molar-refractivity contribution in [1.29, 1.82) is 0 Å². The van der Waals surface area contributed by atoms with Crippen LogP contribution < -0.4 is 0 Å². The molecule has 3 atom stereocenters. The first kappa shape index (κ1) is 22.5. The molecule has 1 aliphatic heterocycles. The molecular weight excluding hydrogens is 448 g/mol. The molecule has 0 bridgehead atoms. The van der Waals surface area contributed by atoms with Crippen LogP contribution in [0.5, 0.6) is 0 Å². The summed E-state index contributed by atoms with van der Waals surface area (Å²) in [6, 6.07) is 17.5. The number of hydrogen-bond acceptors (Lipinski definition) is 5. The van der Waals surface area contributed by atoms with Crippen LogP contribution in [0, 0.1) is 0 Å². The predicted octanol–water partition coefficient (Wildman–Crippen LogP) is 5.18. The van der Waals surface area contributed by atoms with E-state index in [4.69, 9.17) is 14.2 Å². The van der Waals surface area contributed by atoms with Crippen LogP contribution in [-0.4, -0.2) is 40.7 Å². The third-order valence-corrected chi connectivity index (χ3v) is 5.91. The molecule has 3 rings (SSSR count). The van der Waals surface area contributed by atoms with Crippen LogP contribution in [-0.2, 0) is 14.2 Å². The van der Waals surface area contributed by atoms with E-state index in [1.54, 1.807) is 48.5 Å². The fourth-order valence-electron chi connectivity index (χ4n) is 3.50. The van der Waals surface area contributed by atoms with Crippen LogP contribution in [0.2, 0.25) is 0 Å². The summed E-state index contributed by atoms with van der Waals surface area (Å²) < 4.78 is 17.4. The summed E-state index contributed by atoms with van der Waals surface area (Å²) in [5, 5.41) is 0. The van der Waals surface area contributed by atoms with Gasteiger partial charge >= 0.3 is 11.9 Å². The molecule has 6 heteroatoms. The lowest BCUT2D eigenvalue weighted by molar-refractivity contribution is -0.129. The third-order valence-electron chi connectivity index (χ3n) is 5.40. The summed E-state index contributed by atoms with van der Waals surface area (Å²) in [5.74, 6) is -0.932. The number of benzene rings is 2. The van der Waals surface area contributed by atoms with Crippen molar-refractivity contribution in [2.24, 2.45) is 0 Å². The van der Waals surface area contributed by atoms with E-state index in [2.05, 4.69) is 15.9 Å². The molecule has 0 aromatic heterocycles. The minimum atomic E-state index is -0.767. The number of rotatable bonds is 7. The molecule has 0 amide bonds. The predicted molar refractivity (Wildman–Crippen MR) is 118 cm³/mol. The highest BCUT2D eigenvalue weighted by molar-refractivity contribution is 9.10. The fourth-order valence-corrected chi connectivity index (χ4v) is 3.82. The Morgan fingerprint density at radius 2 is 1.60 bits per heavy atom. The minimum Gasteiger partial charge on any atom is -0.458 e. The Labute approximate surface area is 185 Å². The number of carbonyl (C=O) groups excluding carboxylic acids is 2. The molecule has 0 saturated carbocycles. The molecule has 5 nitrogen and oxygen atoms in total. The van der Waals surface area contributed by atoms with Crippen molar-refractivity contribution in [1.82, 2.24) is 0 Å². The Morgan fingerprint density at radius 3 is 2.10 bits per heavy atom. The van der Waals surface area contributed by atoms with Crippen molar-refractivity contribution < 1.29 is 23.8 Å². The first-order chi connectivity index (χ1) is 14.2. The van der Waals surface area contributed by atoms with Gasteiger partial charge in [0.25, 0.3) is 0 Å². The maximum atomic E-state index is 12.7. The van der Waals surface area contributed by atoms with Crippen LogP contribution in [0.1, 0.15) is 54.3 Å². The summed E-state index contributed by atoms with van der Waals surface area (Å²) in [4.78, 5) is 25.2. The van der Waals surface area contributed by atoms with Gasteiger partial charge in [-0.15, -0.1) is 0 Å². The zero-order valence-electron chi connectivity index (χ0n) is 17.5. The molecule has 0 aliphatic carbocycles. The van der Waals surface area contributed by atoms with Crippen molar-refractivity contribution in [2.45, 2.75) is 55.7 Å². The van der Waals surface area contributed by atoms with Crippen molar-refractivity contribution in [3.8, 4) is 0 Å². The van der Waals surface area contributed by atoms with E-state index in [1.165, 1.54) is 0 Å². The standard InChI is InChI=1S/C24H27BrO5/c1-23(2,25)19-14-15-24(3,30-19)20(29-22(27)18-12-8-5-9-13-18)16-28-21(26)17-10-6-4-7-11-17/h4-13,19-20H,14-16H2,1-3H3/t19?,20-,24+/m1/s1. The van der Waals surface area contributed by atoms with Gasteiger partial charge in [0.05, 0.1) is 17.2 Å². The summed E-state index contributed by atoms with van der Waals surface area (Å²) >= 11 is 3.67. The molecule has 0 radical (unpaired) electrons. The van der Waals surface area contributed by atoms with Crippen LogP contribution in [0.25, 0.3) is 0 Å². The molecule has 160 valence electrons. The Balaban J connectivity index is 1.76. The molecule has 1 aliphatic rings. The Bertz CT molecular complexity index is 862. The van der Waals surface area contributed by atoms with E-state index in [-0.39, 0.29) is 17.0 Å². The quantitative estimate of drug-likeness (QED) is 0.408. The van der Waals surface area contributed by atoms with Crippen molar-refractivity contribution in [3.05, 3.63) is 71.8 Å². The lowest BCUT2D eigenvalue weighted by Crippen LogP contribution is -2.47. The molecular formula is C24H27BrO5. The maximum absolute atomic E-state index is 12.7. The molecule has 1 heterocycles. The maximum Gasteiger partial charge on any atom is 0.338 e. The monoisotopic (exact) mass is 474 g/mol. The van der Waals surface area contributed by atoms with E-state index in [1.807, 2.05) is 32.9 Å².